The van der Waals surface area contributed by atoms with Crippen LogP contribution in [-0.2, 0) is 4.79 Å². The molecule has 0 aliphatic heterocycles. The summed E-state index contributed by atoms with van der Waals surface area (Å²) in [5, 5.41) is 13.2. The standard InChI is InChI=1S/C17H21N3O2S2/c1-12(15(21)18-10-9-13-6-3-2-4-7-13)24-17-20-19-16(22-17)14-8-5-11-23-14/h5-6,8,11-12H,2-4,7,9-10H2,1H3,(H,18,21)/t12-/m0/s1. The topological polar surface area (TPSA) is 68.0 Å². The number of carbonyl (C=O) groups is 1. The molecule has 5 nitrogen and oxygen atoms in total. The Bertz CT molecular complexity index is 695. The molecular weight excluding hydrogens is 342 g/mol. The lowest BCUT2D eigenvalue weighted by atomic mass is 9.97. The highest BCUT2D eigenvalue weighted by Crippen LogP contribution is 2.28. The molecule has 1 N–H and O–H groups in total. The highest BCUT2D eigenvalue weighted by Gasteiger charge is 2.18. The van der Waals surface area contributed by atoms with Gasteiger partial charge in [0.15, 0.2) is 0 Å². The van der Waals surface area contributed by atoms with Gasteiger partial charge in [-0.15, -0.1) is 21.5 Å². The van der Waals surface area contributed by atoms with E-state index in [0.717, 1.165) is 11.3 Å². The summed E-state index contributed by atoms with van der Waals surface area (Å²) in [5.41, 5.74) is 1.47. The fourth-order valence-corrected chi connectivity index (χ4v) is 3.94. The van der Waals surface area contributed by atoms with Gasteiger partial charge in [0.25, 0.3) is 11.1 Å². The van der Waals surface area contributed by atoms with Crippen molar-refractivity contribution in [1.82, 2.24) is 15.5 Å². The number of thiophene rings is 1. The van der Waals surface area contributed by atoms with E-state index in [-0.39, 0.29) is 11.2 Å². The van der Waals surface area contributed by atoms with Crippen molar-refractivity contribution >= 4 is 29.0 Å². The molecule has 3 rings (SSSR count). The monoisotopic (exact) mass is 363 g/mol. The second-order valence-corrected chi connectivity index (χ2v) is 8.00. The largest absolute Gasteiger partial charge is 0.410 e. The molecule has 0 radical (unpaired) electrons. The van der Waals surface area contributed by atoms with Crippen molar-refractivity contribution in [2.24, 2.45) is 0 Å². The first-order chi connectivity index (χ1) is 11.7. The molecule has 0 bridgehead atoms. The van der Waals surface area contributed by atoms with Crippen molar-refractivity contribution in [3.63, 3.8) is 0 Å². The molecule has 1 atom stereocenters. The van der Waals surface area contributed by atoms with E-state index in [1.807, 2.05) is 24.4 Å². The zero-order valence-corrected chi connectivity index (χ0v) is 15.3. The van der Waals surface area contributed by atoms with Crippen LogP contribution in [0.15, 0.2) is 38.8 Å². The molecule has 0 aromatic carbocycles. The number of nitrogens with one attached hydrogen (secondary N) is 1. The van der Waals surface area contributed by atoms with Gasteiger partial charge in [-0.05, 0) is 50.5 Å². The summed E-state index contributed by atoms with van der Waals surface area (Å²) in [6, 6.07) is 3.87. The van der Waals surface area contributed by atoms with Crippen LogP contribution in [0.2, 0.25) is 0 Å². The van der Waals surface area contributed by atoms with Gasteiger partial charge in [-0.2, -0.15) is 0 Å². The lowest BCUT2D eigenvalue weighted by Crippen LogP contribution is -2.31. The zero-order valence-electron chi connectivity index (χ0n) is 13.7. The summed E-state index contributed by atoms with van der Waals surface area (Å²) in [7, 11) is 0. The quantitative estimate of drug-likeness (QED) is 0.587. The van der Waals surface area contributed by atoms with Gasteiger partial charge in [0.1, 0.15) is 0 Å². The van der Waals surface area contributed by atoms with Crippen LogP contribution < -0.4 is 5.32 Å². The molecule has 2 heterocycles. The van der Waals surface area contributed by atoms with Gasteiger partial charge < -0.3 is 9.73 Å². The van der Waals surface area contributed by atoms with Gasteiger partial charge in [0.2, 0.25) is 5.91 Å². The van der Waals surface area contributed by atoms with Crippen molar-refractivity contribution < 1.29 is 9.21 Å². The maximum atomic E-state index is 12.2. The van der Waals surface area contributed by atoms with E-state index in [2.05, 4.69) is 21.6 Å². The smallest absolute Gasteiger partial charge is 0.277 e. The average Bonchev–Trinajstić information content (AvgIpc) is 3.27. The number of hydrogen-bond donors (Lipinski definition) is 1. The molecule has 2 aromatic rings. The van der Waals surface area contributed by atoms with Gasteiger partial charge in [0, 0.05) is 6.54 Å². The van der Waals surface area contributed by atoms with Gasteiger partial charge in [-0.25, -0.2) is 0 Å². The zero-order chi connectivity index (χ0) is 16.8. The van der Waals surface area contributed by atoms with E-state index in [1.165, 1.54) is 43.0 Å². The molecule has 2 aromatic heterocycles. The maximum absolute atomic E-state index is 12.2. The highest BCUT2D eigenvalue weighted by molar-refractivity contribution is 8.00. The first-order valence-corrected chi connectivity index (χ1v) is 9.98. The van der Waals surface area contributed by atoms with Crippen LogP contribution in [0.4, 0.5) is 0 Å². The predicted molar refractivity (Wildman–Crippen MR) is 97.1 cm³/mol. The molecule has 128 valence electrons. The van der Waals surface area contributed by atoms with Crippen molar-refractivity contribution in [2.75, 3.05) is 6.54 Å². The summed E-state index contributed by atoms with van der Waals surface area (Å²) in [4.78, 5) is 13.1. The molecule has 1 aliphatic carbocycles. The molecule has 0 fully saturated rings. The number of aromatic nitrogens is 2. The summed E-state index contributed by atoms with van der Waals surface area (Å²) in [5.74, 6) is 0.511. The van der Waals surface area contributed by atoms with E-state index >= 15 is 0 Å². The minimum Gasteiger partial charge on any atom is -0.410 e. The molecule has 0 saturated heterocycles. The summed E-state index contributed by atoms with van der Waals surface area (Å²) >= 11 is 2.84. The van der Waals surface area contributed by atoms with E-state index in [1.54, 1.807) is 11.3 Å². The van der Waals surface area contributed by atoms with Crippen LogP contribution in [0, 0.1) is 0 Å². The Labute approximate surface area is 149 Å². The molecule has 1 amide bonds. The number of thioether (sulfide) groups is 1. The third kappa shape index (κ3) is 4.70. The number of hydrogen-bond acceptors (Lipinski definition) is 6. The molecule has 0 unspecified atom stereocenters. The Balaban J connectivity index is 1.45. The lowest BCUT2D eigenvalue weighted by Gasteiger charge is -2.14. The Hall–Kier alpha value is -1.60. The Morgan fingerprint density at radius 1 is 1.46 bits per heavy atom. The Morgan fingerprint density at radius 2 is 2.38 bits per heavy atom. The number of amides is 1. The maximum Gasteiger partial charge on any atom is 0.277 e. The normalized spacial score (nSPS) is 15.8. The third-order valence-corrected chi connectivity index (χ3v) is 5.71. The Morgan fingerprint density at radius 3 is 3.12 bits per heavy atom. The third-order valence-electron chi connectivity index (χ3n) is 3.92. The van der Waals surface area contributed by atoms with Crippen molar-refractivity contribution in [3.05, 3.63) is 29.2 Å². The Kier molecular flexibility index (Phi) is 6.09. The highest BCUT2D eigenvalue weighted by atomic mass is 32.2. The van der Waals surface area contributed by atoms with E-state index in [9.17, 15) is 4.79 Å². The molecule has 7 heteroatoms. The van der Waals surface area contributed by atoms with Crippen molar-refractivity contribution in [2.45, 2.75) is 49.5 Å². The van der Waals surface area contributed by atoms with Crippen molar-refractivity contribution in [1.29, 1.82) is 0 Å². The van der Waals surface area contributed by atoms with Crippen LogP contribution in [0.1, 0.15) is 39.0 Å². The minimum atomic E-state index is -0.262. The molecule has 24 heavy (non-hydrogen) atoms. The fraction of sp³-hybridized carbons (Fsp3) is 0.471. The first-order valence-electron chi connectivity index (χ1n) is 8.22. The van der Waals surface area contributed by atoms with Crippen LogP contribution in [-0.4, -0.2) is 27.9 Å². The lowest BCUT2D eigenvalue weighted by molar-refractivity contribution is -0.120. The van der Waals surface area contributed by atoms with E-state index in [4.69, 9.17) is 4.42 Å². The average molecular weight is 364 g/mol. The number of carbonyl (C=O) groups excluding carboxylic acids is 1. The minimum absolute atomic E-state index is 0.00674. The van der Waals surface area contributed by atoms with Crippen molar-refractivity contribution in [3.8, 4) is 10.8 Å². The van der Waals surface area contributed by atoms with E-state index < -0.39 is 0 Å². The van der Waals surface area contributed by atoms with Gasteiger partial charge in [-0.3, -0.25) is 4.79 Å². The summed E-state index contributed by atoms with van der Waals surface area (Å²) in [6.07, 6.45) is 8.19. The van der Waals surface area contributed by atoms with Gasteiger partial charge in [-0.1, -0.05) is 29.5 Å². The van der Waals surface area contributed by atoms with Crippen LogP contribution in [0.3, 0.4) is 0 Å². The van der Waals surface area contributed by atoms with Crippen LogP contribution >= 0.6 is 23.1 Å². The summed E-state index contributed by atoms with van der Waals surface area (Å²) < 4.78 is 5.61. The van der Waals surface area contributed by atoms with E-state index in [0.29, 0.717) is 17.7 Å². The summed E-state index contributed by atoms with van der Waals surface area (Å²) in [6.45, 7) is 2.55. The van der Waals surface area contributed by atoms with Gasteiger partial charge in [0.05, 0.1) is 10.1 Å². The molecule has 0 spiro atoms. The SMILES string of the molecule is C[C@H](Sc1nnc(-c2cccs2)o1)C(=O)NCCC1=CCCCC1. The van der Waals surface area contributed by atoms with Crippen LogP contribution in [0.5, 0.6) is 0 Å². The fourth-order valence-electron chi connectivity index (χ4n) is 2.58. The van der Waals surface area contributed by atoms with Gasteiger partial charge >= 0.3 is 0 Å². The molecular formula is C17H21N3O2S2. The van der Waals surface area contributed by atoms with Crippen LogP contribution in [0.25, 0.3) is 10.8 Å². The number of allylic oxidation sites excluding steroid dienone is 1. The predicted octanol–water partition coefficient (Wildman–Crippen LogP) is 4.29. The molecule has 0 saturated carbocycles. The number of nitrogens with zero attached hydrogens (tertiary/aromatic N) is 2. The second kappa shape index (κ2) is 8.48. The first kappa shape index (κ1) is 17.2. The molecule has 1 aliphatic rings. The number of rotatable bonds is 7. The second-order valence-electron chi connectivity index (χ2n) is 5.76.